The number of hydrogen-bond donors (Lipinski definition) is 1. The first-order valence-electron chi connectivity index (χ1n) is 5.59. The first-order chi connectivity index (χ1) is 7.26. The van der Waals surface area contributed by atoms with Gasteiger partial charge in [0, 0.05) is 0 Å². The highest BCUT2D eigenvalue weighted by Gasteiger charge is 2.02. The second-order valence-electron chi connectivity index (χ2n) is 4.07. The highest BCUT2D eigenvalue weighted by molar-refractivity contribution is 5.28. The van der Waals surface area contributed by atoms with E-state index >= 15 is 0 Å². The fourth-order valence-electron chi connectivity index (χ4n) is 1.67. The average molecular weight is 207 g/mol. The Bertz CT molecular complexity index is 286. The monoisotopic (exact) mass is 207 g/mol. The van der Waals surface area contributed by atoms with E-state index in [9.17, 15) is 0 Å². The fourth-order valence-corrected chi connectivity index (χ4v) is 1.67. The molecule has 0 aliphatic heterocycles. The molecule has 0 aliphatic rings. The summed E-state index contributed by atoms with van der Waals surface area (Å²) in [6.45, 7) is 3.05. The van der Waals surface area contributed by atoms with Crippen LogP contribution in [0, 0.1) is 5.92 Å². The molecule has 84 valence electrons. The maximum absolute atomic E-state index is 5.52. The van der Waals surface area contributed by atoms with Crippen molar-refractivity contribution in [1.29, 1.82) is 0 Å². The maximum atomic E-state index is 5.52. The third-order valence-corrected chi connectivity index (χ3v) is 2.72. The zero-order valence-corrected chi connectivity index (χ0v) is 9.70. The van der Waals surface area contributed by atoms with Crippen LogP contribution in [0.4, 0.5) is 0 Å². The molecule has 1 atom stereocenters. The lowest BCUT2D eigenvalue weighted by Crippen LogP contribution is -2.06. The molecule has 0 aromatic heterocycles. The lowest BCUT2D eigenvalue weighted by Gasteiger charge is -2.10. The molecule has 2 N–H and O–H groups in total. The standard InChI is InChI=1S/C13H21NO/c1-11(8-9-14)6-7-12-4-3-5-13(10-12)15-2/h3-5,10-11H,6-9,14H2,1-2H3. The Labute approximate surface area is 92.4 Å². The molecule has 1 aromatic carbocycles. The Balaban J connectivity index is 2.43. The molecule has 0 radical (unpaired) electrons. The van der Waals surface area contributed by atoms with Gasteiger partial charge in [-0.3, -0.25) is 0 Å². The minimum atomic E-state index is 0.709. The maximum Gasteiger partial charge on any atom is 0.119 e. The van der Waals surface area contributed by atoms with Crippen molar-refractivity contribution in [3.8, 4) is 5.75 Å². The summed E-state index contributed by atoms with van der Waals surface area (Å²) >= 11 is 0. The van der Waals surface area contributed by atoms with Gasteiger partial charge in [-0.15, -0.1) is 0 Å². The Kier molecular flexibility index (Phi) is 5.19. The molecule has 2 nitrogen and oxygen atoms in total. The van der Waals surface area contributed by atoms with E-state index in [1.54, 1.807) is 7.11 Å². The highest BCUT2D eigenvalue weighted by atomic mass is 16.5. The number of methoxy groups -OCH3 is 1. The van der Waals surface area contributed by atoms with Gasteiger partial charge in [0.2, 0.25) is 0 Å². The molecule has 1 rings (SSSR count). The average Bonchev–Trinajstić information content (AvgIpc) is 2.27. The molecule has 0 saturated heterocycles. The normalized spacial score (nSPS) is 12.5. The van der Waals surface area contributed by atoms with Gasteiger partial charge >= 0.3 is 0 Å². The van der Waals surface area contributed by atoms with E-state index in [0.29, 0.717) is 5.92 Å². The highest BCUT2D eigenvalue weighted by Crippen LogP contribution is 2.16. The largest absolute Gasteiger partial charge is 0.497 e. The lowest BCUT2D eigenvalue weighted by atomic mass is 9.98. The SMILES string of the molecule is COc1cccc(CCC(C)CCN)c1. The topological polar surface area (TPSA) is 35.2 Å². The molecule has 2 heteroatoms. The molecule has 15 heavy (non-hydrogen) atoms. The minimum absolute atomic E-state index is 0.709. The summed E-state index contributed by atoms with van der Waals surface area (Å²) in [6.07, 6.45) is 3.42. The number of ether oxygens (including phenoxy) is 1. The molecular weight excluding hydrogens is 186 g/mol. The van der Waals surface area contributed by atoms with Crippen LogP contribution in [0.25, 0.3) is 0 Å². The second kappa shape index (κ2) is 6.46. The summed E-state index contributed by atoms with van der Waals surface area (Å²) < 4.78 is 5.19. The number of rotatable bonds is 6. The first-order valence-corrected chi connectivity index (χ1v) is 5.59. The van der Waals surface area contributed by atoms with Gasteiger partial charge in [-0.05, 0) is 49.4 Å². The first kappa shape index (κ1) is 12.1. The lowest BCUT2D eigenvalue weighted by molar-refractivity contribution is 0.414. The van der Waals surface area contributed by atoms with Crippen molar-refractivity contribution in [3.05, 3.63) is 29.8 Å². The van der Waals surface area contributed by atoms with Crippen LogP contribution >= 0.6 is 0 Å². The van der Waals surface area contributed by atoms with Crippen molar-refractivity contribution < 1.29 is 4.74 Å². The Hall–Kier alpha value is -1.02. The smallest absolute Gasteiger partial charge is 0.119 e. The molecule has 0 heterocycles. The van der Waals surface area contributed by atoms with Crippen molar-refractivity contribution >= 4 is 0 Å². The fraction of sp³-hybridized carbons (Fsp3) is 0.538. The van der Waals surface area contributed by atoms with E-state index in [-0.39, 0.29) is 0 Å². The summed E-state index contributed by atoms with van der Waals surface area (Å²) in [6, 6.07) is 8.28. The third-order valence-electron chi connectivity index (χ3n) is 2.72. The van der Waals surface area contributed by atoms with Crippen molar-refractivity contribution in [2.45, 2.75) is 26.2 Å². The molecule has 0 saturated carbocycles. The zero-order valence-electron chi connectivity index (χ0n) is 9.70. The van der Waals surface area contributed by atoms with Gasteiger partial charge in [-0.25, -0.2) is 0 Å². The van der Waals surface area contributed by atoms with E-state index in [1.165, 1.54) is 12.0 Å². The van der Waals surface area contributed by atoms with E-state index in [1.807, 2.05) is 12.1 Å². The Morgan fingerprint density at radius 1 is 1.33 bits per heavy atom. The minimum Gasteiger partial charge on any atom is -0.497 e. The number of nitrogens with two attached hydrogens (primary N) is 1. The van der Waals surface area contributed by atoms with Crippen molar-refractivity contribution in [1.82, 2.24) is 0 Å². The van der Waals surface area contributed by atoms with Gasteiger partial charge in [0.15, 0.2) is 0 Å². The summed E-state index contributed by atoms with van der Waals surface area (Å²) in [5.41, 5.74) is 6.87. The number of hydrogen-bond acceptors (Lipinski definition) is 2. The van der Waals surface area contributed by atoms with Crippen LogP contribution in [-0.2, 0) is 6.42 Å². The number of benzene rings is 1. The molecule has 0 bridgehead atoms. The molecule has 0 fully saturated rings. The van der Waals surface area contributed by atoms with Crippen LogP contribution in [0.1, 0.15) is 25.3 Å². The second-order valence-corrected chi connectivity index (χ2v) is 4.07. The van der Waals surface area contributed by atoms with E-state index in [2.05, 4.69) is 19.1 Å². The summed E-state index contributed by atoms with van der Waals surface area (Å²) in [5.74, 6) is 1.65. The molecule has 0 spiro atoms. The van der Waals surface area contributed by atoms with Crippen molar-refractivity contribution in [2.24, 2.45) is 11.7 Å². The van der Waals surface area contributed by atoms with Crippen LogP contribution in [0.15, 0.2) is 24.3 Å². The van der Waals surface area contributed by atoms with Crippen LogP contribution < -0.4 is 10.5 Å². The summed E-state index contributed by atoms with van der Waals surface area (Å²) in [4.78, 5) is 0. The molecule has 0 amide bonds. The van der Waals surface area contributed by atoms with E-state index in [0.717, 1.165) is 25.1 Å². The predicted octanol–water partition coefficient (Wildman–Crippen LogP) is 2.61. The third kappa shape index (κ3) is 4.34. The van der Waals surface area contributed by atoms with Crippen molar-refractivity contribution in [2.75, 3.05) is 13.7 Å². The summed E-state index contributed by atoms with van der Waals surface area (Å²) in [7, 11) is 1.70. The van der Waals surface area contributed by atoms with Crippen molar-refractivity contribution in [3.63, 3.8) is 0 Å². The van der Waals surface area contributed by atoms with Gasteiger partial charge < -0.3 is 10.5 Å². The van der Waals surface area contributed by atoms with Gasteiger partial charge in [-0.1, -0.05) is 19.1 Å². The zero-order chi connectivity index (χ0) is 11.1. The summed E-state index contributed by atoms with van der Waals surface area (Å²) in [5, 5.41) is 0. The van der Waals surface area contributed by atoms with Gasteiger partial charge in [0.1, 0.15) is 5.75 Å². The molecular formula is C13H21NO. The molecule has 1 aromatic rings. The molecule has 1 unspecified atom stereocenters. The van der Waals surface area contributed by atoms with Crippen LogP contribution in [0.3, 0.4) is 0 Å². The van der Waals surface area contributed by atoms with Crippen LogP contribution in [0.5, 0.6) is 5.75 Å². The predicted molar refractivity (Wildman–Crippen MR) is 64.2 cm³/mol. The Morgan fingerprint density at radius 3 is 2.80 bits per heavy atom. The van der Waals surface area contributed by atoms with Gasteiger partial charge in [-0.2, -0.15) is 0 Å². The number of aryl methyl sites for hydroxylation is 1. The van der Waals surface area contributed by atoms with Gasteiger partial charge in [0.05, 0.1) is 7.11 Å². The quantitative estimate of drug-likeness (QED) is 0.778. The van der Waals surface area contributed by atoms with E-state index in [4.69, 9.17) is 10.5 Å². The van der Waals surface area contributed by atoms with Crippen LogP contribution in [0.2, 0.25) is 0 Å². The van der Waals surface area contributed by atoms with Gasteiger partial charge in [0.25, 0.3) is 0 Å². The van der Waals surface area contributed by atoms with Crippen LogP contribution in [-0.4, -0.2) is 13.7 Å². The van der Waals surface area contributed by atoms with E-state index < -0.39 is 0 Å². The Morgan fingerprint density at radius 2 is 2.13 bits per heavy atom. The molecule has 0 aliphatic carbocycles.